The minimum atomic E-state index is -5.20. The highest BCUT2D eigenvalue weighted by Gasteiger charge is 2.41. The minimum absolute atomic E-state index is 0.0149. The second kappa shape index (κ2) is 10.5. The summed E-state index contributed by atoms with van der Waals surface area (Å²) in [4.78, 5) is 12.5. The van der Waals surface area contributed by atoms with Gasteiger partial charge in [0, 0.05) is 24.4 Å². The topological polar surface area (TPSA) is 29.1 Å². The van der Waals surface area contributed by atoms with Crippen LogP contribution in [0.5, 0.6) is 0 Å². The van der Waals surface area contributed by atoms with Gasteiger partial charge in [0.1, 0.15) is 17.6 Å². The summed E-state index contributed by atoms with van der Waals surface area (Å²) in [5, 5.41) is 1.58. The molecule has 1 N–H and O–H groups in total. The number of amides is 1. The lowest BCUT2D eigenvalue weighted by Crippen LogP contribution is -2.40. The van der Waals surface area contributed by atoms with E-state index in [0.29, 0.717) is 30.3 Å². The standard InChI is InChI=1S/C24H18ClF10NO/c25-18-10-12(2-4-19(18)26)16(23(30,31)32)11-20(27)13-1-3-15(17(9-13)24(33,34)35)21(37)36-14-5-7-22(28,29)8-6-14/h1-4,9-11,14,16H,5-8H2,(H,36,37)/b20-11-. The van der Waals surface area contributed by atoms with Crippen molar-refractivity contribution in [1.29, 1.82) is 0 Å². The van der Waals surface area contributed by atoms with Gasteiger partial charge in [-0.2, -0.15) is 26.3 Å². The number of nitrogens with one attached hydrogen (secondary N) is 1. The number of carbonyl (C=O) groups is 1. The summed E-state index contributed by atoms with van der Waals surface area (Å²) in [6.45, 7) is 0. The number of alkyl halides is 8. The monoisotopic (exact) mass is 561 g/mol. The molecular formula is C24H18ClF10NO. The van der Waals surface area contributed by atoms with E-state index in [9.17, 15) is 48.7 Å². The number of allylic oxidation sites excluding steroid dienone is 1. The third kappa shape index (κ3) is 7.18. The first kappa shape index (κ1) is 28.8. The van der Waals surface area contributed by atoms with Crippen molar-refractivity contribution in [1.82, 2.24) is 5.32 Å². The molecule has 13 heteroatoms. The van der Waals surface area contributed by atoms with E-state index in [-0.39, 0.29) is 25.0 Å². The Balaban J connectivity index is 1.94. The van der Waals surface area contributed by atoms with Gasteiger partial charge in [-0.05, 0) is 48.7 Å². The fraction of sp³-hybridized carbons (Fsp3) is 0.375. The Morgan fingerprint density at radius 1 is 1.03 bits per heavy atom. The average Bonchev–Trinajstić information content (AvgIpc) is 2.79. The van der Waals surface area contributed by atoms with Crippen LogP contribution in [0.25, 0.3) is 5.83 Å². The van der Waals surface area contributed by atoms with E-state index in [0.717, 1.165) is 0 Å². The molecule has 0 radical (unpaired) electrons. The maximum absolute atomic E-state index is 14.8. The number of carbonyl (C=O) groups excluding carboxylic acids is 1. The molecule has 1 atom stereocenters. The molecule has 202 valence electrons. The third-order valence-corrected chi connectivity index (χ3v) is 6.16. The summed E-state index contributed by atoms with van der Waals surface area (Å²) in [5.74, 6) is -9.56. The maximum atomic E-state index is 14.8. The van der Waals surface area contributed by atoms with Gasteiger partial charge in [0.2, 0.25) is 5.92 Å². The second-order valence-electron chi connectivity index (χ2n) is 8.57. The number of hydrogen-bond donors (Lipinski definition) is 1. The first-order chi connectivity index (χ1) is 17.0. The van der Waals surface area contributed by atoms with Gasteiger partial charge in [0.05, 0.1) is 16.1 Å². The van der Waals surface area contributed by atoms with Gasteiger partial charge in [0.15, 0.2) is 0 Å². The summed E-state index contributed by atoms with van der Waals surface area (Å²) in [5.41, 5.74) is -4.12. The third-order valence-electron chi connectivity index (χ3n) is 5.87. The lowest BCUT2D eigenvalue weighted by molar-refractivity contribution is -0.140. The molecule has 0 spiro atoms. The Hall–Kier alpha value is -2.76. The van der Waals surface area contributed by atoms with Crippen molar-refractivity contribution in [3.05, 3.63) is 75.6 Å². The Morgan fingerprint density at radius 3 is 2.19 bits per heavy atom. The number of hydrogen-bond acceptors (Lipinski definition) is 1. The largest absolute Gasteiger partial charge is 0.417 e. The van der Waals surface area contributed by atoms with Gasteiger partial charge in [-0.3, -0.25) is 4.79 Å². The van der Waals surface area contributed by atoms with Crippen LogP contribution in [0.1, 0.15) is 58.6 Å². The Kier molecular flexibility index (Phi) is 8.21. The first-order valence-corrected chi connectivity index (χ1v) is 11.1. The highest BCUT2D eigenvalue weighted by Crippen LogP contribution is 2.41. The number of halogens is 11. The van der Waals surface area contributed by atoms with E-state index in [1.54, 1.807) is 0 Å². The van der Waals surface area contributed by atoms with Gasteiger partial charge >= 0.3 is 12.4 Å². The second-order valence-corrected chi connectivity index (χ2v) is 8.98. The van der Waals surface area contributed by atoms with Crippen LogP contribution >= 0.6 is 11.6 Å². The molecule has 2 nitrogen and oxygen atoms in total. The highest BCUT2D eigenvalue weighted by molar-refractivity contribution is 6.30. The predicted molar refractivity (Wildman–Crippen MR) is 115 cm³/mol. The summed E-state index contributed by atoms with van der Waals surface area (Å²) >= 11 is 5.51. The van der Waals surface area contributed by atoms with Gasteiger partial charge in [-0.25, -0.2) is 17.6 Å². The zero-order chi connectivity index (χ0) is 27.8. The summed E-state index contributed by atoms with van der Waals surface area (Å²) in [6.07, 6.45) is -11.7. The molecule has 0 saturated heterocycles. The summed E-state index contributed by atoms with van der Waals surface area (Å²) in [6, 6.07) is 2.62. The normalized spacial score (nSPS) is 18.0. The molecule has 0 aromatic heterocycles. The zero-order valence-electron chi connectivity index (χ0n) is 18.6. The zero-order valence-corrected chi connectivity index (χ0v) is 19.3. The number of benzene rings is 2. The molecule has 1 saturated carbocycles. The molecule has 1 fully saturated rings. The van der Waals surface area contributed by atoms with Crippen molar-refractivity contribution >= 4 is 23.3 Å². The molecule has 2 aromatic rings. The predicted octanol–water partition coefficient (Wildman–Crippen LogP) is 8.46. The Bertz CT molecular complexity index is 1180. The quantitative estimate of drug-likeness (QED) is 0.365. The molecule has 1 unspecified atom stereocenters. The van der Waals surface area contributed by atoms with Crippen LogP contribution in [0.4, 0.5) is 43.9 Å². The maximum Gasteiger partial charge on any atom is 0.417 e. The van der Waals surface area contributed by atoms with Crippen molar-refractivity contribution in [3.63, 3.8) is 0 Å². The Morgan fingerprint density at radius 2 is 1.65 bits per heavy atom. The molecule has 3 rings (SSSR count). The van der Waals surface area contributed by atoms with Gasteiger partial charge < -0.3 is 5.32 Å². The van der Waals surface area contributed by atoms with Gasteiger partial charge in [0.25, 0.3) is 5.91 Å². The van der Waals surface area contributed by atoms with E-state index in [4.69, 9.17) is 11.6 Å². The molecule has 0 bridgehead atoms. The highest BCUT2D eigenvalue weighted by atomic mass is 35.5. The minimum Gasteiger partial charge on any atom is -0.349 e. The molecule has 1 aliphatic carbocycles. The molecule has 1 aliphatic rings. The molecule has 0 aliphatic heterocycles. The van der Waals surface area contributed by atoms with Crippen molar-refractivity contribution in [2.24, 2.45) is 0 Å². The van der Waals surface area contributed by atoms with Gasteiger partial charge in [-0.15, -0.1) is 0 Å². The SMILES string of the molecule is O=C(NC1CCC(F)(F)CC1)c1ccc(/C(F)=C/C(c2ccc(F)c(Cl)c2)C(F)(F)F)cc1C(F)(F)F. The van der Waals surface area contributed by atoms with E-state index in [2.05, 4.69) is 5.32 Å². The van der Waals surface area contributed by atoms with Crippen LogP contribution in [-0.4, -0.2) is 24.0 Å². The van der Waals surface area contributed by atoms with Crippen LogP contribution < -0.4 is 5.32 Å². The fourth-order valence-corrected chi connectivity index (χ4v) is 4.09. The molecule has 0 heterocycles. The van der Waals surface area contributed by atoms with E-state index >= 15 is 0 Å². The van der Waals surface area contributed by atoms with Gasteiger partial charge in [-0.1, -0.05) is 23.7 Å². The summed E-state index contributed by atoms with van der Waals surface area (Å²) in [7, 11) is 0. The Labute approximate surface area is 209 Å². The molecule has 2 aromatic carbocycles. The van der Waals surface area contributed by atoms with Crippen LogP contribution in [0.3, 0.4) is 0 Å². The first-order valence-electron chi connectivity index (χ1n) is 10.8. The lowest BCUT2D eigenvalue weighted by atomic mass is 9.91. The van der Waals surface area contributed by atoms with Crippen molar-refractivity contribution in [2.45, 2.75) is 55.9 Å². The molecular weight excluding hydrogens is 544 g/mol. The smallest absolute Gasteiger partial charge is 0.349 e. The van der Waals surface area contributed by atoms with E-state index in [1.165, 1.54) is 0 Å². The van der Waals surface area contributed by atoms with Crippen molar-refractivity contribution in [3.8, 4) is 0 Å². The lowest BCUT2D eigenvalue weighted by Gasteiger charge is -2.29. The fourth-order valence-electron chi connectivity index (χ4n) is 3.90. The molecule has 37 heavy (non-hydrogen) atoms. The molecule has 1 amide bonds. The van der Waals surface area contributed by atoms with Crippen LogP contribution in [-0.2, 0) is 6.18 Å². The van der Waals surface area contributed by atoms with Crippen LogP contribution in [0.15, 0.2) is 42.5 Å². The van der Waals surface area contributed by atoms with Crippen LogP contribution in [0.2, 0.25) is 5.02 Å². The average molecular weight is 562 g/mol. The van der Waals surface area contributed by atoms with E-state index < -0.39 is 87.9 Å². The van der Waals surface area contributed by atoms with E-state index in [1.807, 2.05) is 0 Å². The summed E-state index contributed by atoms with van der Waals surface area (Å²) < 4.78 is 137. The van der Waals surface area contributed by atoms with Crippen molar-refractivity contribution < 1.29 is 48.7 Å². The van der Waals surface area contributed by atoms with Crippen molar-refractivity contribution in [2.75, 3.05) is 0 Å². The number of rotatable bonds is 5. The van der Waals surface area contributed by atoms with Crippen LogP contribution in [0, 0.1) is 5.82 Å².